The van der Waals surface area contributed by atoms with Crippen molar-refractivity contribution in [3.05, 3.63) is 12.2 Å². The summed E-state index contributed by atoms with van der Waals surface area (Å²) in [5.41, 5.74) is 0. The Labute approximate surface area is 406 Å². The zero-order chi connectivity index (χ0) is 48.9. The number of carbonyl (C=O) groups excluding carboxylic acids is 1. The smallest absolute Gasteiger partial charge is 0.220 e. The first-order valence-corrected chi connectivity index (χ1v) is 27.4. The second-order valence-corrected chi connectivity index (χ2v) is 19.7. The normalized spacial score (nSPS) is 26.6. The summed E-state index contributed by atoms with van der Waals surface area (Å²) in [6.07, 6.45) is 27.3. The minimum Gasteiger partial charge on any atom is -0.394 e. The van der Waals surface area contributed by atoms with Crippen LogP contribution in [0.2, 0.25) is 0 Å². The predicted octanol–water partition coefficient (Wildman–Crippen LogP) is 7.94. The van der Waals surface area contributed by atoms with Gasteiger partial charge in [0.1, 0.15) is 48.8 Å². The molecule has 0 bridgehead atoms. The fourth-order valence-corrected chi connectivity index (χ4v) is 9.23. The van der Waals surface area contributed by atoms with Crippen molar-refractivity contribution in [1.29, 1.82) is 0 Å². The molecule has 12 atom stereocenters. The number of aliphatic hydroxyl groups excluding tert-OH is 8. The minimum absolute atomic E-state index is 0.244. The Kier molecular flexibility index (Phi) is 37.2. The van der Waals surface area contributed by atoms with E-state index in [4.69, 9.17) is 18.9 Å². The van der Waals surface area contributed by atoms with Gasteiger partial charge in [-0.05, 0) is 19.3 Å². The van der Waals surface area contributed by atoms with Crippen molar-refractivity contribution < 1.29 is 64.6 Å². The number of hydrogen-bond acceptors (Lipinski definition) is 13. The molecule has 2 heterocycles. The highest BCUT2D eigenvalue weighted by molar-refractivity contribution is 5.76. The third kappa shape index (κ3) is 27.2. The van der Waals surface area contributed by atoms with Gasteiger partial charge in [0.2, 0.25) is 5.91 Å². The van der Waals surface area contributed by atoms with Gasteiger partial charge in [-0.3, -0.25) is 4.79 Å². The summed E-state index contributed by atoms with van der Waals surface area (Å²) in [5.74, 6) is -0.244. The van der Waals surface area contributed by atoms with Crippen molar-refractivity contribution in [3.63, 3.8) is 0 Å². The van der Waals surface area contributed by atoms with Crippen LogP contribution in [0.5, 0.6) is 0 Å². The van der Waals surface area contributed by atoms with Gasteiger partial charge in [-0.25, -0.2) is 0 Å². The first-order valence-electron chi connectivity index (χ1n) is 27.4. The summed E-state index contributed by atoms with van der Waals surface area (Å²) in [6, 6.07) is -0.906. The Balaban J connectivity index is 1.69. The highest BCUT2D eigenvalue weighted by atomic mass is 16.7. The van der Waals surface area contributed by atoms with Gasteiger partial charge in [0.05, 0.1) is 32.0 Å². The number of rotatable bonds is 43. The highest BCUT2D eigenvalue weighted by Crippen LogP contribution is 2.30. The monoisotopic (exact) mass is 960 g/mol. The molecule has 0 saturated carbocycles. The third-order valence-corrected chi connectivity index (χ3v) is 13.7. The van der Waals surface area contributed by atoms with Crippen molar-refractivity contribution in [2.75, 3.05) is 19.8 Å². The minimum atomic E-state index is -1.78. The van der Waals surface area contributed by atoms with Crippen molar-refractivity contribution in [3.8, 4) is 0 Å². The lowest BCUT2D eigenvalue weighted by molar-refractivity contribution is -0.359. The average molecular weight is 960 g/mol. The van der Waals surface area contributed by atoms with Gasteiger partial charge in [0.15, 0.2) is 12.6 Å². The van der Waals surface area contributed by atoms with E-state index in [2.05, 4.69) is 19.2 Å². The van der Waals surface area contributed by atoms with Crippen LogP contribution in [0.1, 0.15) is 226 Å². The molecule has 12 unspecified atom stereocenters. The fourth-order valence-electron chi connectivity index (χ4n) is 9.23. The van der Waals surface area contributed by atoms with E-state index in [0.717, 1.165) is 38.5 Å². The van der Waals surface area contributed by atoms with E-state index in [9.17, 15) is 45.6 Å². The Hall–Kier alpha value is -1.27. The number of ether oxygens (including phenoxy) is 4. The van der Waals surface area contributed by atoms with E-state index in [-0.39, 0.29) is 18.9 Å². The number of allylic oxidation sites excluding steroid dienone is 1. The molecule has 0 aromatic rings. The van der Waals surface area contributed by atoms with Crippen LogP contribution in [0.25, 0.3) is 0 Å². The Morgan fingerprint density at radius 2 is 0.925 bits per heavy atom. The number of amides is 1. The first-order chi connectivity index (χ1) is 32.6. The molecule has 67 heavy (non-hydrogen) atoms. The highest BCUT2D eigenvalue weighted by Gasteiger charge is 2.51. The lowest BCUT2D eigenvalue weighted by atomic mass is 9.97. The van der Waals surface area contributed by atoms with Gasteiger partial charge >= 0.3 is 0 Å². The number of aliphatic hydroxyl groups is 8. The Morgan fingerprint density at radius 3 is 1.37 bits per heavy atom. The molecule has 2 aliphatic heterocycles. The van der Waals surface area contributed by atoms with Gasteiger partial charge in [-0.15, -0.1) is 0 Å². The van der Waals surface area contributed by atoms with E-state index in [0.29, 0.717) is 6.42 Å². The zero-order valence-electron chi connectivity index (χ0n) is 42.2. The molecule has 14 heteroatoms. The SMILES string of the molecule is CCCCCCCCCCCCCCCCCCCCCCCCCC/C=C/C(O)C(COC1OC(CO)C(OC2OC(CO)C(O)C(O)C2O)C(O)C1O)NC(=O)CCCCCCCCC. The third-order valence-electron chi connectivity index (χ3n) is 13.7. The van der Waals surface area contributed by atoms with Crippen LogP contribution in [0.15, 0.2) is 12.2 Å². The van der Waals surface area contributed by atoms with Crippen LogP contribution in [0.3, 0.4) is 0 Å². The van der Waals surface area contributed by atoms with Crippen LogP contribution < -0.4 is 5.32 Å². The van der Waals surface area contributed by atoms with Crippen LogP contribution in [-0.2, 0) is 23.7 Å². The number of hydrogen-bond donors (Lipinski definition) is 9. The molecule has 396 valence electrons. The lowest BCUT2D eigenvalue weighted by Gasteiger charge is -2.46. The molecule has 0 aromatic carbocycles. The predicted molar refractivity (Wildman–Crippen MR) is 263 cm³/mol. The summed E-state index contributed by atoms with van der Waals surface area (Å²) in [5, 5.41) is 86.6. The summed E-state index contributed by atoms with van der Waals surface area (Å²) in [4.78, 5) is 13.0. The average Bonchev–Trinajstić information content (AvgIpc) is 3.32. The molecule has 0 radical (unpaired) electrons. The maximum absolute atomic E-state index is 13.0. The van der Waals surface area contributed by atoms with Gasteiger partial charge in [-0.2, -0.15) is 0 Å². The fraction of sp³-hybridized carbons (Fsp3) is 0.943. The molecule has 2 saturated heterocycles. The number of unbranched alkanes of at least 4 members (excludes halogenated alkanes) is 30. The van der Waals surface area contributed by atoms with Gasteiger partial charge in [0.25, 0.3) is 0 Å². The summed E-state index contributed by atoms with van der Waals surface area (Å²) in [6.45, 7) is 2.75. The molecule has 0 spiro atoms. The van der Waals surface area contributed by atoms with Crippen molar-refractivity contribution in [2.24, 2.45) is 0 Å². The quantitative estimate of drug-likeness (QED) is 0.0209. The molecular formula is C53H101NO13. The van der Waals surface area contributed by atoms with Gasteiger partial charge < -0.3 is 65.1 Å². The second kappa shape index (κ2) is 40.3. The first kappa shape index (κ1) is 61.8. The van der Waals surface area contributed by atoms with Crippen LogP contribution in [0, 0.1) is 0 Å². The maximum Gasteiger partial charge on any atom is 0.220 e. The topological polar surface area (TPSA) is 228 Å². The lowest BCUT2D eigenvalue weighted by Crippen LogP contribution is -2.65. The molecule has 9 N–H and O–H groups in total. The van der Waals surface area contributed by atoms with Gasteiger partial charge in [0, 0.05) is 6.42 Å². The van der Waals surface area contributed by atoms with Crippen LogP contribution in [0.4, 0.5) is 0 Å². The second-order valence-electron chi connectivity index (χ2n) is 19.7. The van der Waals surface area contributed by atoms with Crippen LogP contribution >= 0.6 is 0 Å². The maximum atomic E-state index is 13.0. The molecule has 1 amide bonds. The van der Waals surface area contributed by atoms with Crippen molar-refractivity contribution in [2.45, 2.75) is 299 Å². The van der Waals surface area contributed by atoms with E-state index < -0.39 is 86.8 Å². The van der Waals surface area contributed by atoms with E-state index in [1.54, 1.807) is 6.08 Å². The molecule has 14 nitrogen and oxygen atoms in total. The van der Waals surface area contributed by atoms with Gasteiger partial charge in [-0.1, -0.05) is 212 Å². The summed E-state index contributed by atoms with van der Waals surface area (Å²) >= 11 is 0. The number of carbonyl (C=O) groups is 1. The van der Waals surface area contributed by atoms with Crippen molar-refractivity contribution in [1.82, 2.24) is 5.32 Å². The van der Waals surface area contributed by atoms with Crippen molar-refractivity contribution >= 4 is 5.91 Å². The standard InChI is InChI=1S/C53H101NO13/c1-3-5-7-9-11-12-13-14-15-16-17-18-19-20-21-22-23-24-25-26-27-28-29-31-32-34-36-42(57)41(54-45(58)37-35-33-30-10-8-6-4-2)40-64-52-50(63)48(61)51(44(39-56)66-52)67-53-49(62)47(60)46(59)43(38-55)65-53/h34,36,41-44,46-53,55-57,59-63H,3-33,35,37-40H2,1-2H3,(H,54,58)/b36-34+. The summed E-state index contributed by atoms with van der Waals surface area (Å²) in [7, 11) is 0. The molecule has 2 aliphatic rings. The van der Waals surface area contributed by atoms with E-state index in [1.165, 1.54) is 161 Å². The Morgan fingerprint density at radius 1 is 0.522 bits per heavy atom. The molecule has 0 aromatic heterocycles. The summed E-state index contributed by atoms with van der Waals surface area (Å²) < 4.78 is 22.6. The molecular weight excluding hydrogens is 859 g/mol. The molecule has 2 rings (SSSR count). The Bertz CT molecular complexity index is 1180. The molecule has 0 aliphatic carbocycles. The van der Waals surface area contributed by atoms with E-state index in [1.807, 2.05) is 6.08 Å². The van der Waals surface area contributed by atoms with Crippen LogP contribution in [-0.4, -0.2) is 140 Å². The van der Waals surface area contributed by atoms with E-state index >= 15 is 0 Å². The largest absolute Gasteiger partial charge is 0.394 e. The molecule has 2 fully saturated rings. The zero-order valence-corrected chi connectivity index (χ0v) is 42.2. The number of nitrogens with one attached hydrogen (secondary N) is 1.